The summed E-state index contributed by atoms with van der Waals surface area (Å²) in [6.07, 6.45) is 7.93. The standard InChI is InChI=1S/C14H16O/c1-3-8-13(14(15)9-4-2)12-10-6-5-7-11-12/h2,5-8,10-11,14-15H,3,9H2,1H3/b13-8+. The Morgan fingerprint density at radius 1 is 1.47 bits per heavy atom. The van der Waals surface area contributed by atoms with Crippen LogP contribution in [0.2, 0.25) is 0 Å². The van der Waals surface area contributed by atoms with Crippen LogP contribution >= 0.6 is 0 Å². The maximum Gasteiger partial charge on any atom is 0.0901 e. The van der Waals surface area contributed by atoms with Crippen molar-refractivity contribution in [3.05, 3.63) is 42.0 Å². The summed E-state index contributed by atoms with van der Waals surface area (Å²) in [4.78, 5) is 0. The highest BCUT2D eigenvalue weighted by Gasteiger charge is 2.10. The molecule has 0 spiro atoms. The molecule has 1 aromatic rings. The number of rotatable bonds is 4. The molecule has 1 atom stereocenters. The quantitative estimate of drug-likeness (QED) is 0.741. The molecule has 1 heteroatoms. The smallest absolute Gasteiger partial charge is 0.0901 e. The molecule has 0 heterocycles. The van der Waals surface area contributed by atoms with Crippen molar-refractivity contribution in [3.8, 4) is 12.3 Å². The molecular weight excluding hydrogens is 184 g/mol. The molecule has 78 valence electrons. The zero-order valence-electron chi connectivity index (χ0n) is 8.98. The van der Waals surface area contributed by atoms with Crippen LogP contribution < -0.4 is 0 Å². The number of terminal acetylenes is 1. The lowest BCUT2D eigenvalue weighted by Crippen LogP contribution is -2.08. The molecule has 0 saturated carbocycles. The summed E-state index contributed by atoms with van der Waals surface area (Å²) in [7, 11) is 0. The summed E-state index contributed by atoms with van der Waals surface area (Å²) in [6.45, 7) is 2.05. The van der Waals surface area contributed by atoms with Crippen LogP contribution in [0.5, 0.6) is 0 Å². The van der Waals surface area contributed by atoms with Gasteiger partial charge in [0.05, 0.1) is 6.10 Å². The zero-order valence-corrected chi connectivity index (χ0v) is 8.98. The lowest BCUT2D eigenvalue weighted by Gasteiger charge is -2.12. The van der Waals surface area contributed by atoms with Crippen molar-refractivity contribution < 1.29 is 5.11 Å². The number of benzene rings is 1. The Balaban J connectivity index is 2.95. The number of aliphatic hydroxyl groups excluding tert-OH is 1. The molecule has 1 N–H and O–H groups in total. The monoisotopic (exact) mass is 200 g/mol. The predicted molar refractivity (Wildman–Crippen MR) is 64.2 cm³/mol. The van der Waals surface area contributed by atoms with E-state index in [4.69, 9.17) is 6.42 Å². The normalized spacial score (nSPS) is 13.3. The molecule has 0 amide bonds. The predicted octanol–water partition coefficient (Wildman–Crippen LogP) is 2.86. The van der Waals surface area contributed by atoms with Crippen LogP contribution in [-0.4, -0.2) is 11.2 Å². The van der Waals surface area contributed by atoms with E-state index < -0.39 is 6.10 Å². The van der Waals surface area contributed by atoms with Crippen LogP contribution in [-0.2, 0) is 0 Å². The Hall–Kier alpha value is -1.52. The van der Waals surface area contributed by atoms with Crippen LogP contribution in [0.15, 0.2) is 36.4 Å². The lowest BCUT2D eigenvalue weighted by atomic mass is 9.98. The first-order valence-corrected chi connectivity index (χ1v) is 5.16. The topological polar surface area (TPSA) is 20.2 Å². The fourth-order valence-corrected chi connectivity index (χ4v) is 1.52. The summed E-state index contributed by atoms with van der Waals surface area (Å²) in [5, 5.41) is 9.88. The maximum absolute atomic E-state index is 9.88. The first-order chi connectivity index (χ1) is 7.29. The molecule has 0 aliphatic carbocycles. The minimum Gasteiger partial charge on any atom is -0.387 e. The third-order valence-corrected chi connectivity index (χ3v) is 2.20. The van der Waals surface area contributed by atoms with Gasteiger partial charge in [0.2, 0.25) is 0 Å². The molecule has 0 aliphatic heterocycles. The molecule has 0 bridgehead atoms. The highest BCUT2D eigenvalue weighted by molar-refractivity contribution is 5.68. The molecule has 0 aliphatic rings. The van der Waals surface area contributed by atoms with Crippen molar-refractivity contribution in [2.45, 2.75) is 25.9 Å². The Kier molecular flexibility index (Phi) is 4.66. The SMILES string of the molecule is C#CCC(O)/C(=C/CC)c1ccccc1. The van der Waals surface area contributed by atoms with Crippen molar-refractivity contribution in [1.29, 1.82) is 0 Å². The van der Waals surface area contributed by atoms with Crippen molar-refractivity contribution >= 4 is 5.57 Å². The van der Waals surface area contributed by atoms with E-state index in [-0.39, 0.29) is 0 Å². The van der Waals surface area contributed by atoms with Gasteiger partial charge < -0.3 is 5.11 Å². The van der Waals surface area contributed by atoms with Gasteiger partial charge in [-0.05, 0) is 17.6 Å². The number of allylic oxidation sites excluding steroid dienone is 1. The third-order valence-electron chi connectivity index (χ3n) is 2.20. The molecule has 15 heavy (non-hydrogen) atoms. The van der Waals surface area contributed by atoms with E-state index in [9.17, 15) is 5.11 Å². The zero-order chi connectivity index (χ0) is 11.1. The molecule has 1 rings (SSSR count). The number of aliphatic hydroxyl groups is 1. The van der Waals surface area contributed by atoms with E-state index in [1.165, 1.54) is 0 Å². The van der Waals surface area contributed by atoms with Gasteiger partial charge in [-0.3, -0.25) is 0 Å². The molecule has 1 aromatic carbocycles. The van der Waals surface area contributed by atoms with Gasteiger partial charge in [0.1, 0.15) is 0 Å². The first kappa shape index (κ1) is 11.6. The summed E-state index contributed by atoms with van der Waals surface area (Å²) in [6, 6.07) is 9.85. The van der Waals surface area contributed by atoms with E-state index in [0.717, 1.165) is 17.6 Å². The molecule has 0 radical (unpaired) electrons. The van der Waals surface area contributed by atoms with Crippen molar-refractivity contribution in [2.75, 3.05) is 0 Å². The molecule has 0 saturated heterocycles. The highest BCUT2D eigenvalue weighted by Crippen LogP contribution is 2.20. The van der Waals surface area contributed by atoms with Gasteiger partial charge in [0.15, 0.2) is 0 Å². The molecule has 1 unspecified atom stereocenters. The second kappa shape index (κ2) is 6.06. The molecule has 0 aromatic heterocycles. The van der Waals surface area contributed by atoms with E-state index in [1.54, 1.807) is 0 Å². The molecular formula is C14H16O. The summed E-state index contributed by atoms with van der Waals surface area (Å²) >= 11 is 0. The first-order valence-electron chi connectivity index (χ1n) is 5.16. The number of hydrogen-bond donors (Lipinski definition) is 1. The van der Waals surface area contributed by atoms with Crippen molar-refractivity contribution in [1.82, 2.24) is 0 Å². The molecule has 1 nitrogen and oxygen atoms in total. The Morgan fingerprint density at radius 2 is 2.13 bits per heavy atom. The second-order valence-corrected chi connectivity index (χ2v) is 3.36. The van der Waals surface area contributed by atoms with Crippen molar-refractivity contribution in [2.24, 2.45) is 0 Å². The van der Waals surface area contributed by atoms with Gasteiger partial charge in [-0.25, -0.2) is 0 Å². The Bertz CT molecular complexity index is 357. The average molecular weight is 200 g/mol. The molecule has 0 fully saturated rings. The summed E-state index contributed by atoms with van der Waals surface area (Å²) in [5.41, 5.74) is 1.97. The van der Waals surface area contributed by atoms with Gasteiger partial charge >= 0.3 is 0 Å². The summed E-state index contributed by atoms with van der Waals surface area (Å²) in [5.74, 6) is 2.49. The van der Waals surface area contributed by atoms with E-state index in [1.807, 2.05) is 43.3 Å². The van der Waals surface area contributed by atoms with Crippen LogP contribution in [0.25, 0.3) is 5.57 Å². The van der Waals surface area contributed by atoms with Gasteiger partial charge in [-0.15, -0.1) is 12.3 Å². The second-order valence-electron chi connectivity index (χ2n) is 3.36. The van der Waals surface area contributed by atoms with Gasteiger partial charge in [0.25, 0.3) is 0 Å². The van der Waals surface area contributed by atoms with E-state index >= 15 is 0 Å². The van der Waals surface area contributed by atoms with E-state index in [2.05, 4.69) is 5.92 Å². The van der Waals surface area contributed by atoms with Gasteiger partial charge in [0, 0.05) is 6.42 Å². The minimum atomic E-state index is -0.558. The average Bonchev–Trinajstić information content (AvgIpc) is 2.27. The van der Waals surface area contributed by atoms with Gasteiger partial charge in [-0.2, -0.15) is 0 Å². The van der Waals surface area contributed by atoms with Crippen molar-refractivity contribution in [3.63, 3.8) is 0 Å². The van der Waals surface area contributed by atoms with Crippen LogP contribution in [0, 0.1) is 12.3 Å². The lowest BCUT2D eigenvalue weighted by molar-refractivity contribution is 0.238. The van der Waals surface area contributed by atoms with Crippen LogP contribution in [0.3, 0.4) is 0 Å². The van der Waals surface area contributed by atoms with Crippen LogP contribution in [0.1, 0.15) is 25.3 Å². The largest absolute Gasteiger partial charge is 0.387 e. The minimum absolute atomic E-state index is 0.362. The highest BCUT2D eigenvalue weighted by atomic mass is 16.3. The van der Waals surface area contributed by atoms with Gasteiger partial charge in [-0.1, -0.05) is 43.3 Å². The summed E-state index contributed by atoms with van der Waals surface area (Å²) < 4.78 is 0. The third kappa shape index (κ3) is 3.27. The Labute approximate surface area is 91.5 Å². The van der Waals surface area contributed by atoms with E-state index in [0.29, 0.717) is 6.42 Å². The fourth-order valence-electron chi connectivity index (χ4n) is 1.52. The Morgan fingerprint density at radius 3 is 2.67 bits per heavy atom. The maximum atomic E-state index is 9.88. The number of hydrogen-bond acceptors (Lipinski definition) is 1. The fraction of sp³-hybridized carbons (Fsp3) is 0.286. The van der Waals surface area contributed by atoms with Crippen LogP contribution in [0.4, 0.5) is 0 Å².